The molecule has 2 rings (SSSR count). The number of nitrogens with two attached hydrogens (primary N) is 1. The van der Waals surface area contributed by atoms with Gasteiger partial charge in [-0.05, 0) is 48.4 Å². The number of aryl methyl sites for hydroxylation is 1. The Morgan fingerprint density at radius 2 is 2.05 bits per heavy atom. The first-order valence-electron chi connectivity index (χ1n) is 5.98. The van der Waals surface area contributed by atoms with Gasteiger partial charge in [-0.15, -0.1) is 0 Å². The molecule has 1 amide bonds. The molecule has 4 N–H and O–H groups in total. The molecule has 0 saturated carbocycles. The molecule has 0 bridgehead atoms. The second-order valence-corrected chi connectivity index (χ2v) is 4.42. The third-order valence-electron chi connectivity index (χ3n) is 2.90. The average Bonchev–Trinajstić information content (AvgIpc) is 2.39. The maximum atomic E-state index is 12.0. The van der Waals surface area contributed by atoms with Gasteiger partial charge in [0.1, 0.15) is 5.75 Å². The molecule has 4 heteroatoms. The largest absolute Gasteiger partial charge is 0.508 e. The van der Waals surface area contributed by atoms with Crippen molar-refractivity contribution >= 4 is 11.6 Å². The van der Waals surface area contributed by atoms with Crippen LogP contribution in [0.15, 0.2) is 42.5 Å². The van der Waals surface area contributed by atoms with E-state index in [4.69, 9.17) is 5.73 Å². The van der Waals surface area contributed by atoms with E-state index < -0.39 is 0 Å². The van der Waals surface area contributed by atoms with Crippen molar-refractivity contribution in [2.24, 2.45) is 0 Å². The highest BCUT2D eigenvalue weighted by molar-refractivity contribution is 5.94. The number of phenols is 1. The standard InChI is InChI=1S/C15H16N2O2/c1-10-7-12(5-6-14(10)16)15(19)17-9-11-3-2-4-13(18)8-11/h2-8,18H,9,16H2,1H3,(H,17,19). The Labute approximate surface area is 111 Å². The summed E-state index contributed by atoms with van der Waals surface area (Å²) in [5.74, 6) is 0.0292. The Kier molecular flexibility index (Phi) is 3.71. The van der Waals surface area contributed by atoms with Gasteiger partial charge in [0.2, 0.25) is 0 Å². The summed E-state index contributed by atoms with van der Waals surface area (Å²) in [6.07, 6.45) is 0. The summed E-state index contributed by atoms with van der Waals surface area (Å²) < 4.78 is 0. The molecule has 0 fully saturated rings. The van der Waals surface area contributed by atoms with Crippen LogP contribution in [0.1, 0.15) is 21.5 Å². The average molecular weight is 256 g/mol. The molecule has 0 radical (unpaired) electrons. The maximum Gasteiger partial charge on any atom is 0.251 e. The summed E-state index contributed by atoms with van der Waals surface area (Å²) in [6, 6.07) is 12.0. The highest BCUT2D eigenvalue weighted by atomic mass is 16.3. The Bertz CT molecular complexity index is 609. The normalized spacial score (nSPS) is 10.2. The van der Waals surface area contributed by atoms with E-state index in [1.807, 2.05) is 13.0 Å². The topological polar surface area (TPSA) is 75.3 Å². The molecule has 19 heavy (non-hydrogen) atoms. The molecule has 0 aliphatic rings. The van der Waals surface area contributed by atoms with Gasteiger partial charge in [-0.3, -0.25) is 4.79 Å². The number of carbonyl (C=O) groups is 1. The number of nitrogen functional groups attached to an aromatic ring is 1. The second kappa shape index (κ2) is 5.44. The van der Waals surface area contributed by atoms with Crippen molar-refractivity contribution in [2.45, 2.75) is 13.5 Å². The summed E-state index contributed by atoms with van der Waals surface area (Å²) in [5.41, 5.74) is 8.69. The van der Waals surface area contributed by atoms with Gasteiger partial charge in [-0.25, -0.2) is 0 Å². The monoisotopic (exact) mass is 256 g/mol. The van der Waals surface area contributed by atoms with Crippen molar-refractivity contribution in [1.29, 1.82) is 0 Å². The Morgan fingerprint density at radius 3 is 2.74 bits per heavy atom. The number of amides is 1. The van der Waals surface area contributed by atoms with Crippen LogP contribution in [0, 0.1) is 6.92 Å². The van der Waals surface area contributed by atoms with E-state index in [0.717, 1.165) is 11.1 Å². The Hall–Kier alpha value is -2.49. The molecule has 0 saturated heterocycles. The van der Waals surface area contributed by atoms with Crippen LogP contribution in [0.2, 0.25) is 0 Å². The zero-order chi connectivity index (χ0) is 13.8. The van der Waals surface area contributed by atoms with Crippen LogP contribution in [0.4, 0.5) is 5.69 Å². The summed E-state index contributed by atoms with van der Waals surface area (Å²) in [6.45, 7) is 2.23. The van der Waals surface area contributed by atoms with Crippen LogP contribution in [0.3, 0.4) is 0 Å². The van der Waals surface area contributed by atoms with E-state index >= 15 is 0 Å². The minimum Gasteiger partial charge on any atom is -0.508 e. The summed E-state index contributed by atoms with van der Waals surface area (Å²) in [7, 11) is 0. The van der Waals surface area contributed by atoms with Gasteiger partial charge in [0, 0.05) is 17.8 Å². The zero-order valence-electron chi connectivity index (χ0n) is 10.7. The first-order valence-corrected chi connectivity index (χ1v) is 5.98. The van der Waals surface area contributed by atoms with Crippen molar-refractivity contribution in [1.82, 2.24) is 5.32 Å². The highest BCUT2D eigenvalue weighted by Gasteiger charge is 2.06. The number of benzene rings is 2. The van der Waals surface area contributed by atoms with E-state index in [9.17, 15) is 9.90 Å². The second-order valence-electron chi connectivity index (χ2n) is 4.42. The van der Waals surface area contributed by atoms with Crippen molar-refractivity contribution < 1.29 is 9.90 Å². The number of anilines is 1. The summed E-state index contributed by atoms with van der Waals surface area (Å²) in [4.78, 5) is 12.0. The lowest BCUT2D eigenvalue weighted by Gasteiger charge is -2.07. The van der Waals surface area contributed by atoms with Crippen molar-refractivity contribution in [3.05, 3.63) is 59.2 Å². The molecule has 2 aromatic carbocycles. The fraction of sp³-hybridized carbons (Fsp3) is 0.133. The van der Waals surface area contributed by atoms with Gasteiger partial charge in [0.15, 0.2) is 0 Å². The van der Waals surface area contributed by atoms with Crippen LogP contribution in [-0.4, -0.2) is 11.0 Å². The smallest absolute Gasteiger partial charge is 0.251 e. The fourth-order valence-electron chi connectivity index (χ4n) is 1.77. The lowest BCUT2D eigenvalue weighted by Crippen LogP contribution is -2.22. The van der Waals surface area contributed by atoms with Gasteiger partial charge in [-0.2, -0.15) is 0 Å². The van der Waals surface area contributed by atoms with Gasteiger partial charge in [0.25, 0.3) is 5.91 Å². The minimum absolute atomic E-state index is 0.161. The summed E-state index contributed by atoms with van der Waals surface area (Å²) in [5, 5.41) is 12.1. The first kappa shape index (κ1) is 13.0. The van der Waals surface area contributed by atoms with Gasteiger partial charge in [-0.1, -0.05) is 12.1 Å². The molecule has 0 spiro atoms. The summed E-state index contributed by atoms with van der Waals surface area (Å²) >= 11 is 0. The number of rotatable bonds is 3. The van der Waals surface area contributed by atoms with E-state index in [0.29, 0.717) is 17.8 Å². The van der Waals surface area contributed by atoms with Crippen LogP contribution >= 0.6 is 0 Å². The van der Waals surface area contributed by atoms with Crippen LogP contribution in [-0.2, 0) is 6.54 Å². The molecule has 98 valence electrons. The number of hydrogen-bond donors (Lipinski definition) is 3. The SMILES string of the molecule is Cc1cc(C(=O)NCc2cccc(O)c2)ccc1N. The Morgan fingerprint density at radius 1 is 1.26 bits per heavy atom. The van der Waals surface area contributed by atoms with Crippen LogP contribution in [0.5, 0.6) is 5.75 Å². The molecule has 0 atom stereocenters. The van der Waals surface area contributed by atoms with E-state index in [-0.39, 0.29) is 11.7 Å². The molecular formula is C15H16N2O2. The maximum absolute atomic E-state index is 12.0. The van der Waals surface area contributed by atoms with E-state index in [1.165, 1.54) is 0 Å². The highest BCUT2D eigenvalue weighted by Crippen LogP contribution is 2.13. The Balaban J connectivity index is 2.03. The molecule has 0 aliphatic carbocycles. The predicted molar refractivity (Wildman–Crippen MR) is 74.9 cm³/mol. The first-order chi connectivity index (χ1) is 9.06. The van der Waals surface area contributed by atoms with Crippen LogP contribution < -0.4 is 11.1 Å². The molecule has 4 nitrogen and oxygen atoms in total. The molecule has 2 aromatic rings. The third-order valence-corrected chi connectivity index (χ3v) is 2.90. The molecule has 0 heterocycles. The number of hydrogen-bond acceptors (Lipinski definition) is 3. The fourth-order valence-corrected chi connectivity index (χ4v) is 1.77. The van der Waals surface area contributed by atoms with Crippen LogP contribution in [0.25, 0.3) is 0 Å². The van der Waals surface area contributed by atoms with E-state index in [1.54, 1.807) is 36.4 Å². The predicted octanol–water partition coefficient (Wildman–Crippen LogP) is 2.21. The third kappa shape index (κ3) is 3.25. The lowest BCUT2D eigenvalue weighted by molar-refractivity contribution is 0.0951. The number of nitrogens with one attached hydrogen (secondary N) is 1. The molecular weight excluding hydrogens is 240 g/mol. The minimum atomic E-state index is -0.161. The quantitative estimate of drug-likeness (QED) is 0.737. The number of phenolic OH excluding ortho intramolecular Hbond substituents is 1. The number of carbonyl (C=O) groups excluding carboxylic acids is 1. The van der Waals surface area contributed by atoms with Gasteiger partial charge >= 0.3 is 0 Å². The zero-order valence-corrected chi connectivity index (χ0v) is 10.7. The van der Waals surface area contributed by atoms with Crippen molar-refractivity contribution in [3.8, 4) is 5.75 Å². The molecule has 0 aliphatic heterocycles. The van der Waals surface area contributed by atoms with Crippen molar-refractivity contribution in [2.75, 3.05) is 5.73 Å². The van der Waals surface area contributed by atoms with Crippen molar-refractivity contribution in [3.63, 3.8) is 0 Å². The molecule has 0 aromatic heterocycles. The lowest BCUT2D eigenvalue weighted by atomic mass is 10.1. The van der Waals surface area contributed by atoms with Gasteiger partial charge in [0.05, 0.1) is 0 Å². The number of aromatic hydroxyl groups is 1. The van der Waals surface area contributed by atoms with E-state index in [2.05, 4.69) is 5.32 Å². The molecule has 0 unspecified atom stereocenters. The van der Waals surface area contributed by atoms with Gasteiger partial charge < -0.3 is 16.2 Å².